The van der Waals surface area contributed by atoms with Gasteiger partial charge in [-0.2, -0.15) is 0 Å². The quantitative estimate of drug-likeness (QED) is 0.778. The molecule has 0 aromatic heterocycles. The zero-order valence-corrected chi connectivity index (χ0v) is 16.9. The van der Waals surface area contributed by atoms with E-state index in [9.17, 15) is 13.6 Å². The van der Waals surface area contributed by atoms with Crippen LogP contribution in [0.25, 0.3) is 0 Å². The predicted octanol–water partition coefficient (Wildman–Crippen LogP) is 3.75. The summed E-state index contributed by atoms with van der Waals surface area (Å²) in [6, 6.07) is 9.52. The largest absolute Gasteiger partial charge is 0.454 e. The van der Waals surface area contributed by atoms with Gasteiger partial charge in [-0.1, -0.05) is 6.07 Å². The maximum atomic E-state index is 13.5. The Kier molecular flexibility index (Phi) is 5.92. The molecule has 30 heavy (non-hydrogen) atoms. The molecule has 1 unspecified atom stereocenters. The number of benzene rings is 2. The third kappa shape index (κ3) is 4.42. The summed E-state index contributed by atoms with van der Waals surface area (Å²) in [7, 11) is 0. The van der Waals surface area contributed by atoms with Crippen LogP contribution in [-0.4, -0.2) is 43.9 Å². The van der Waals surface area contributed by atoms with E-state index < -0.39 is 11.6 Å². The number of carbonyl (C=O) groups excluding carboxylic acids is 1. The molecule has 2 aromatic rings. The van der Waals surface area contributed by atoms with Crippen molar-refractivity contribution in [1.29, 1.82) is 0 Å². The number of nitrogens with zero attached hydrogens (tertiary/aromatic N) is 2. The van der Waals surface area contributed by atoms with Crippen LogP contribution in [0.5, 0.6) is 11.5 Å². The van der Waals surface area contributed by atoms with Crippen LogP contribution >= 0.6 is 0 Å². The molecular formula is C22H25F2N3O3. The first-order valence-electron chi connectivity index (χ1n) is 10.1. The molecular weight excluding hydrogens is 392 g/mol. The lowest BCUT2D eigenvalue weighted by molar-refractivity contribution is 0.173. The molecule has 0 radical (unpaired) electrons. The second-order valence-corrected chi connectivity index (χ2v) is 7.59. The van der Waals surface area contributed by atoms with Gasteiger partial charge in [-0.3, -0.25) is 0 Å². The van der Waals surface area contributed by atoms with Crippen molar-refractivity contribution < 1.29 is 23.0 Å². The van der Waals surface area contributed by atoms with E-state index in [1.54, 1.807) is 11.0 Å². The molecule has 1 N–H and O–H groups in total. The van der Waals surface area contributed by atoms with Crippen LogP contribution in [0.3, 0.4) is 0 Å². The Morgan fingerprint density at radius 1 is 1.17 bits per heavy atom. The van der Waals surface area contributed by atoms with E-state index >= 15 is 0 Å². The van der Waals surface area contributed by atoms with Crippen molar-refractivity contribution in [3.63, 3.8) is 0 Å². The summed E-state index contributed by atoms with van der Waals surface area (Å²) >= 11 is 0. The van der Waals surface area contributed by atoms with Crippen LogP contribution < -0.4 is 19.7 Å². The highest BCUT2D eigenvalue weighted by Gasteiger charge is 2.25. The smallest absolute Gasteiger partial charge is 0.317 e. The molecule has 1 fully saturated rings. The highest BCUT2D eigenvalue weighted by atomic mass is 19.2. The third-order valence-corrected chi connectivity index (χ3v) is 5.58. The summed E-state index contributed by atoms with van der Waals surface area (Å²) in [4.78, 5) is 16.4. The fraction of sp³-hybridized carbons (Fsp3) is 0.409. The van der Waals surface area contributed by atoms with Gasteiger partial charge in [0.1, 0.15) is 0 Å². The first-order chi connectivity index (χ1) is 14.5. The molecule has 160 valence electrons. The lowest BCUT2D eigenvalue weighted by atomic mass is 10.1. The Labute approximate surface area is 174 Å². The van der Waals surface area contributed by atoms with Gasteiger partial charge in [-0.25, -0.2) is 13.6 Å². The summed E-state index contributed by atoms with van der Waals surface area (Å²) in [5.74, 6) is -0.00754. The Morgan fingerprint density at radius 3 is 2.80 bits per heavy atom. The van der Waals surface area contributed by atoms with Crippen LogP contribution in [-0.2, 0) is 6.54 Å². The van der Waals surface area contributed by atoms with Crippen molar-refractivity contribution in [2.75, 3.05) is 37.9 Å². The third-order valence-electron chi connectivity index (χ3n) is 5.58. The Bertz CT molecular complexity index is 924. The summed E-state index contributed by atoms with van der Waals surface area (Å²) in [5.41, 5.74) is 1.64. The molecule has 2 aliphatic rings. The van der Waals surface area contributed by atoms with Crippen LogP contribution in [0.2, 0.25) is 0 Å². The molecule has 2 aromatic carbocycles. The average molecular weight is 417 g/mol. The highest BCUT2D eigenvalue weighted by Crippen LogP contribution is 2.32. The minimum Gasteiger partial charge on any atom is -0.454 e. The fourth-order valence-corrected chi connectivity index (χ4v) is 3.85. The maximum Gasteiger partial charge on any atom is 0.317 e. The van der Waals surface area contributed by atoms with Gasteiger partial charge >= 0.3 is 6.03 Å². The number of ether oxygens (including phenoxy) is 2. The number of hydrogen-bond donors (Lipinski definition) is 1. The number of fused-ring (bicyclic) bond motifs is 1. The van der Waals surface area contributed by atoms with Crippen molar-refractivity contribution in [3.8, 4) is 11.5 Å². The van der Waals surface area contributed by atoms with Gasteiger partial charge in [-0.15, -0.1) is 0 Å². The van der Waals surface area contributed by atoms with Crippen LogP contribution in [0.1, 0.15) is 18.9 Å². The molecule has 8 heteroatoms. The van der Waals surface area contributed by atoms with Crippen molar-refractivity contribution in [1.82, 2.24) is 10.2 Å². The summed E-state index contributed by atoms with van der Waals surface area (Å²) < 4.78 is 37.4. The van der Waals surface area contributed by atoms with Crippen molar-refractivity contribution in [2.45, 2.75) is 19.9 Å². The standard InChI is InChI=1S/C22H25F2N3O3/c1-2-26(12-15-3-6-20-21(9-15)30-14-29-20)22(28)25-11-16-7-8-27(13-16)17-4-5-18(23)19(24)10-17/h3-6,9-10,16H,2,7-8,11-14H2,1H3,(H,25,28). The number of anilines is 1. The van der Waals surface area contributed by atoms with Gasteiger partial charge in [0, 0.05) is 44.5 Å². The predicted molar refractivity (Wildman–Crippen MR) is 109 cm³/mol. The summed E-state index contributed by atoms with van der Waals surface area (Å²) in [6.07, 6.45) is 0.883. The van der Waals surface area contributed by atoms with Gasteiger partial charge in [-0.05, 0) is 49.1 Å². The van der Waals surface area contributed by atoms with Crippen molar-refractivity contribution in [2.24, 2.45) is 5.92 Å². The maximum absolute atomic E-state index is 13.5. The molecule has 1 atom stereocenters. The SMILES string of the molecule is CCN(Cc1ccc2c(c1)OCO2)C(=O)NCC1CCN(c2ccc(F)c(F)c2)C1. The molecule has 2 heterocycles. The highest BCUT2D eigenvalue weighted by molar-refractivity contribution is 5.74. The monoisotopic (exact) mass is 417 g/mol. The Morgan fingerprint density at radius 2 is 2.00 bits per heavy atom. The first-order valence-corrected chi connectivity index (χ1v) is 10.1. The number of urea groups is 1. The molecule has 2 amide bonds. The topological polar surface area (TPSA) is 54.0 Å². The van der Waals surface area contributed by atoms with Crippen LogP contribution in [0.15, 0.2) is 36.4 Å². The minimum atomic E-state index is -0.844. The number of hydrogen-bond acceptors (Lipinski definition) is 4. The molecule has 0 spiro atoms. The van der Waals surface area contributed by atoms with Gasteiger partial charge in [0.15, 0.2) is 23.1 Å². The molecule has 0 bridgehead atoms. The van der Waals surface area contributed by atoms with Gasteiger partial charge < -0.3 is 24.6 Å². The van der Waals surface area contributed by atoms with E-state index in [0.29, 0.717) is 37.6 Å². The van der Waals surface area contributed by atoms with Gasteiger partial charge in [0.2, 0.25) is 6.79 Å². The van der Waals surface area contributed by atoms with Crippen LogP contribution in [0.4, 0.5) is 19.3 Å². The molecule has 2 aliphatic heterocycles. The molecule has 6 nitrogen and oxygen atoms in total. The van der Waals surface area contributed by atoms with Crippen molar-refractivity contribution in [3.05, 3.63) is 53.6 Å². The molecule has 1 saturated heterocycles. The van der Waals surface area contributed by atoms with E-state index in [2.05, 4.69) is 5.32 Å². The zero-order chi connectivity index (χ0) is 21.1. The summed E-state index contributed by atoms with van der Waals surface area (Å²) in [5, 5.41) is 3.01. The minimum absolute atomic E-state index is 0.124. The van der Waals surface area contributed by atoms with E-state index in [1.807, 2.05) is 30.0 Å². The Hall–Kier alpha value is -3.03. The number of halogens is 2. The number of amides is 2. The van der Waals surface area contributed by atoms with Gasteiger partial charge in [0.05, 0.1) is 0 Å². The first kappa shape index (κ1) is 20.3. The van der Waals surface area contributed by atoms with E-state index in [4.69, 9.17) is 9.47 Å². The van der Waals surface area contributed by atoms with Crippen LogP contribution in [0, 0.1) is 17.6 Å². The van der Waals surface area contributed by atoms with E-state index in [-0.39, 0.29) is 18.7 Å². The lowest BCUT2D eigenvalue weighted by Gasteiger charge is -2.23. The van der Waals surface area contributed by atoms with Crippen molar-refractivity contribution >= 4 is 11.7 Å². The number of nitrogens with one attached hydrogen (secondary N) is 1. The number of carbonyl (C=O) groups is 1. The van der Waals surface area contributed by atoms with Gasteiger partial charge in [0.25, 0.3) is 0 Å². The molecule has 0 saturated carbocycles. The average Bonchev–Trinajstić information content (AvgIpc) is 3.41. The van der Waals surface area contributed by atoms with E-state index in [1.165, 1.54) is 6.07 Å². The molecule has 0 aliphatic carbocycles. The molecule has 4 rings (SSSR count). The Balaban J connectivity index is 1.28. The second kappa shape index (κ2) is 8.77. The lowest BCUT2D eigenvalue weighted by Crippen LogP contribution is -2.41. The normalized spacial score (nSPS) is 17.3. The van der Waals surface area contributed by atoms with E-state index in [0.717, 1.165) is 30.3 Å². The zero-order valence-electron chi connectivity index (χ0n) is 16.9. The fourth-order valence-electron chi connectivity index (χ4n) is 3.85. The summed E-state index contributed by atoms with van der Waals surface area (Å²) in [6.45, 7) is 5.19. The number of rotatable bonds is 6. The second-order valence-electron chi connectivity index (χ2n) is 7.59.